The molecule has 3 aromatic rings. The summed E-state index contributed by atoms with van der Waals surface area (Å²) in [5.74, 6) is 0.866. The summed E-state index contributed by atoms with van der Waals surface area (Å²) in [6.07, 6.45) is 0. The summed E-state index contributed by atoms with van der Waals surface area (Å²) in [6.45, 7) is 0. The van der Waals surface area contributed by atoms with E-state index in [4.69, 9.17) is 11.0 Å². The largest absolute Gasteiger partial charge is 0.399 e. The molecule has 0 aliphatic rings. The van der Waals surface area contributed by atoms with E-state index in [1.807, 2.05) is 41.9 Å². The lowest BCUT2D eigenvalue weighted by atomic mass is 10.1. The fourth-order valence-electron chi connectivity index (χ4n) is 2.17. The van der Waals surface area contributed by atoms with E-state index < -0.39 is 0 Å². The van der Waals surface area contributed by atoms with Gasteiger partial charge in [-0.3, -0.25) is 0 Å². The van der Waals surface area contributed by atoms with Crippen molar-refractivity contribution in [3.05, 3.63) is 48.0 Å². The van der Waals surface area contributed by atoms with Crippen molar-refractivity contribution in [3.63, 3.8) is 0 Å². The van der Waals surface area contributed by atoms with Crippen LogP contribution >= 0.6 is 0 Å². The molecule has 2 aromatic carbocycles. The van der Waals surface area contributed by atoms with Gasteiger partial charge in [-0.05, 0) is 42.5 Å². The van der Waals surface area contributed by atoms with E-state index in [0.29, 0.717) is 11.3 Å². The molecule has 1 heterocycles. The first-order valence-electron chi connectivity index (χ1n) is 5.91. The minimum Gasteiger partial charge on any atom is -0.399 e. The Hall–Kier alpha value is -2.80. The van der Waals surface area contributed by atoms with Crippen molar-refractivity contribution in [2.75, 3.05) is 5.73 Å². The first-order valence-corrected chi connectivity index (χ1v) is 5.91. The van der Waals surface area contributed by atoms with Crippen LogP contribution in [-0.4, -0.2) is 9.55 Å². The molecule has 0 aliphatic heterocycles. The van der Waals surface area contributed by atoms with Crippen LogP contribution in [0.25, 0.3) is 22.4 Å². The number of aromatic nitrogens is 2. The van der Waals surface area contributed by atoms with Gasteiger partial charge in [-0.25, -0.2) is 4.98 Å². The SMILES string of the molecule is Cn1c(-c2ccc(C#N)cc2)nc2cc(N)ccc21. The lowest BCUT2D eigenvalue weighted by Crippen LogP contribution is -1.92. The highest BCUT2D eigenvalue weighted by molar-refractivity contribution is 5.83. The minimum absolute atomic E-state index is 0.645. The second kappa shape index (κ2) is 4.14. The van der Waals surface area contributed by atoms with Crippen LogP contribution in [0.5, 0.6) is 0 Å². The molecule has 0 spiro atoms. The molecular formula is C15H12N4. The topological polar surface area (TPSA) is 67.6 Å². The van der Waals surface area contributed by atoms with Gasteiger partial charge in [0.2, 0.25) is 0 Å². The van der Waals surface area contributed by atoms with Gasteiger partial charge in [0, 0.05) is 18.3 Å². The molecule has 0 fully saturated rings. The summed E-state index contributed by atoms with van der Waals surface area (Å²) < 4.78 is 2.02. The highest BCUT2D eigenvalue weighted by atomic mass is 15.1. The lowest BCUT2D eigenvalue weighted by molar-refractivity contribution is 0.959. The summed E-state index contributed by atoms with van der Waals surface area (Å²) in [5.41, 5.74) is 10.0. The number of anilines is 1. The zero-order chi connectivity index (χ0) is 13.4. The van der Waals surface area contributed by atoms with Crippen LogP contribution in [0.2, 0.25) is 0 Å². The maximum Gasteiger partial charge on any atom is 0.140 e. The average molecular weight is 248 g/mol. The Morgan fingerprint density at radius 1 is 1.16 bits per heavy atom. The Morgan fingerprint density at radius 3 is 2.58 bits per heavy atom. The minimum atomic E-state index is 0.645. The van der Waals surface area contributed by atoms with Crippen LogP contribution in [0.15, 0.2) is 42.5 Å². The number of fused-ring (bicyclic) bond motifs is 1. The highest BCUT2D eigenvalue weighted by Crippen LogP contribution is 2.25. The smallest absolute Gasteiger partial charge is 0.140 e. The third-order valence-electron chi connectivity index (χ3n) is 3.18. The summed E-state index contributed by atoms with van der Waals surface area (Å²) in [4.78, 5) is 4.60. The number of imidazole rings is 1. The Kier molecular flexibility index (Phi) is 2.46. The monoisotopic (exact) mass is 248 g/mol. The summed E-state index contributed by atoms with van der Waals surface area (Å²) in [6, 6.07) is 15.2. The number of nitriles is 1. The van der Waals surface area contributed by atoms with Gasteiger partial charge < -0.3 is 10.3 Å². The van der Waals surface area contributed by atoms with E-state index in [1.54, 1.807) is 12.1 Å². The van der Waals surface area contributed by atoms with Gasteiger partial charge in [0.05, 0.1) is 22.7 Å². The average Bonchev–Trinajstić information content (AvgIpc) is 2.75. The number of nitrogen functional groups attached to an aromatic ring is 1. The van der Waals surface area contributed by atoms with Crippen molar-refractivity contribution >= 4 is 16.7 Å². The van der Waals surface area contributed by atoms with Gasteiger partial charge in [0.25, 0.3) is 0 Å². The number of hydrogen-bond acceptors (Lipinski definition) is 3. The first-order chi connectivity index (χ1) is 9.19. The molecule has 1 aromatic heterocycles. The van der Waals surface area contributed by atoms with E-state index in [2.05, 4.69) is 11.1 Å². The zero-order valence-electron chi connectivity index (χ0n) is 10.5. The molecule has 19 heavy (non-hydrogen) atoms. The van der Waals surface area contributed by atoms with Gasteiger partial charge in [-0.1, -0.05) is 0 Å². The second-order valence-corrected chi connectivity index (χ2v) is 4.43. The molecule has 0 saturated heterocycles. The highest BCUT2D eigenvalue weighted by Gasteiger charge is 2.09. The molecule has 92 valence electrons. The number of aryl methyl sites for hydroxylation is 1. The molecule has 4 heteroatoms. The molecule has 0 bridgehead atoms. The fraction of sp³-hybridized carbons (Fsp3) is 0.0667. The Labute approximate surface area is 110 Å². The van der Waals surface area contributed by atoms with Gasteiger partial charge in [0.15, 0.2) is 0 Å². The van der Waals surface area contributed by atoms with Gasteiger partial charge in [-0.2, -0.15) is 5.26 Å². The first kappa shape index (κ1) is 11.3. The molecule has 3 rings (SSSR count). The van der Waals surface area contributed by atoms with Crippen molar-refractivity contribution in [1.82, 2.24) is 9.55 Å². The molecule has 0 aliphatic carbocycles. The van der Waals surface area contributed by atoms with E-state index in [9.17, 15) is 0 Å². The molecule has 4 nitrogen and oxygen atoms in total. The van der Waals surface area contributed by atoms with Crippen LogP contribution < -0.4 is 5.73 Å². The van der Waals surface area contributed by atoms with Gasteiger partial charge in [-0.15, -0.1) is 0 Å². The molecule has 0 radical (unpaired) electrons. The molecule has 0 atom stereocenters. The van der Waals surface area contributed by atoms with Gasteiger partial charge in [0.1, 0.15) is 5.82 Å². The number of benzene rings is 2. The molecule has 0 unspecified atom stereocenters. The summed E-state index contributed by atoms with van der Waals surface area (Å²) in [5, 5.41) is 8.81. The van der Waals surface area contributed by atoms with Crippen LogP contribution in [0.4, 0.5) is 5.69 Å². The number of hydrogen-bond donors (Lipinski definition) is 1. The van der Waals surface area contributed by atoms with Crippen LogP contribution in [0, 0.1) is 11.3 Å². The van der Waals surface area contributed by atoms with Crippen molar-refractivity contribution in [2.45, 2.75) is 0 Å². The van der Waals surface area contributed by atoms with Crippen molar-refractivity contribution in [3.8, 4) is 17.5 Å². The number of nitrogens with zero attached hydrogens (tertiary/aromatic N) is 3. The standard InChI is InChI=1S/C15H12N4/c1-19-14-7-6-12(17)8-13(14)18-15(19)11-4-2-10(9-16)3-5-11/h2-8H,17H2,1H3. The Morgan fingerprint density at radius 2 is 1.89 bits per heavy atom. The predicted molar refractivity (Wildman–Crippen MR) is 75.3 cm³/mol. The quantitative estimate of drug-likeness (QED) is 0.673. The molecule has 2 N–H and O–H groups in total. The van der Waals surface area contributed by atoms with Crippen molar-refractivity contribution in [2.24, 2.45) is 7.05 Å². The van der Waals surface area contributed by atoms with Gasteiger partial charge >= 0.3 is 0 Å². The van der Waals surface area contributed by atoms with E-state index in [0.717, 1.165) is 22.4 Å². The molecular weight excluding hydrogens is 236 g/mol. The normalized spacial score (nSPS) is 10.5. The second-order valence-electron chi connectivity index (χ2n) is 4.43. The fourth-order valence-corrected chi connectivity index (χ4v) is 2.17. The Balaban J connectivity index is 2.19. The molecule has 0 saturated carbocycles. The number of rotatable bonds is 1. The predicted octanol–water partition coefficient (Wildman–Crippen LogP) is 2.69. The summed E-state index contributed by atoms with van der Waals surface area (Å²) in [7, 11) is 1.97. The third kappa shape index (κ3) is 1.81. The van der Waals surface area contributed by atoms with E-state index in [-0.39, 0.29) is 0 Å². The van der Waals surface area contributed by atoms with Crippen LogP contribution in [0.1, 0.15) is 5.56 Å². The van der Waals surface area contributed by atoms with Crippen molar-refractivity contribution in [1.29, 1.82) is 5.26 Å². The molecule has 0 amide bonds. The van der Waals surface area contributed by atoms with Crippen LogP contribution in [0.3, 0.4) is 0 Å². The lowest BCUT2D eigenvalue weighted by Gasteiger charge is -2.02. The Bertz CT molecular complexity index is 791. The zero-order valence-corrected chi connectivity index (χ0v) is 10.5. The third-order valence-corrected chi connectivity index (χ3v) is 3.18. The summed E-state index contributed by atoms with van der Waals surface area (Å²) >= 11 is 0. The maximum atomic E-state index is 8.81. The van der Waals surface area contributed by atoms with E-state index >= 15 is 0 Å². The number of nitrogens with two attached hydrogens (primary N) is 1. The maximum absolute atomic E-state index is 8.81. The van der Waals surface area contributed by atoms with Crippen LogP contribution in [-0.2, 0) is 7.05 Å². The van der Waals surface area contributed by atoms with Crippen molar-refractivity contribution < 1.29 is 0 Å². The van der Waals surface area contributed by atoms with E-state index in [1.165, 1.54) is 0 Å².